The molecule has 0 radical (unpaired) electrons. The minimum Gasteiger partial charge on any atom is -0.232 e. The molecule has 230 valence electrons. The van der Waals surface area contributed by atoms with Crippen LogP contribution >= 0.6 is 0 Å². The standard InChI is InChI=1S/C45H30N4/c1-6-16-31(17-7-1)38-28-35-26-27-36(45-46-40(32-18-8-2-9-19-32)30-41(47-45)33-20-10-3-11-21-33)29-39(35)44-42(38)43(34-22-12-4-13-23-34)48-49(44)37-24-14-5-15-25-37/h1-30H. The van der Waals surface area contributed by atoms with Gasteiger partial charge in [-0.3, -0.25) is 0 Å². The summed E-state index contributed by atoms with van der Waals surface area (Å²) in [6.07, 6.45) is 0. The van der Waals surface area contributed by atoms with Gasteiger partial charge in [0.1, 0.15) is 5.69 Å². The van der Waals surface area contributed by atoms with Gasteiger partial charge in [-0.1, -0.05) is 152 Å². The Bertz CT molecular complexity index is 2500. The van der Waals surface area contributed by atoms with E-state index in [4.69, 9.17) is 15.1 Å². The zero-order valence-corrected chi connectivity index (χ0v) is 26.6. The van der Waals surface area contributed by atoms with Gasteiger partial charge in [0.15, 0.2) is 5.82 Å². The van der Waals surface area contributed by atoms with E-state index < -0.39 is 0 Å². The van der Waals surface area contributed by atoms with Crippen LogP contribution < -0.4 is 0 Å². The van der Waals surface area contributed by atoms with Gasteiger partial charge in [-0.2, -0.15) is 5.10 Å². The molecule has 0 N–H and O–H groups in total. The van der Waals surface area contributed by atoms with Gasteiger partial charge in [0.05, 0.1) is 22.6 Å². The zero-order valence-electron chi connectivity index (χ0n) is 26.6. The van der Waals surface area contributed by atoms with Gasteiger partial charge in [0.25, 0.3) is 0 Å². The summed E-state index contributed by atoms with van der Waals surface area (Å²) in [5.41, 5.74) is 11.2. The van der Waals surface area contributed by atoms with Crippen LogP contribution in [0.5, 0.6) is 0 Å². The minimum absolute atomic E-state index is 0.677. The summed E-state index contributed by atoms with van der Waals surface area (Å²) in [5.74, 6) is 0.677. The van der Waals surface area contributed by atoms with Gasteiger partial charge in [-0.15, -0.1) is 0 Å². The Labute approximate surface area is 284 Å². The van der Waals surface area contributed by atoms with Crippen molar-refractivity contribution in [2.24, 2.45) is 0 Å². The molecular formula is C45H30N4. The first kappa shape index (κ1) is 28.6. The second-order valence-corrected chi connectivity index (χ2v) is 12.1. The molecule has 0 aliphatic rings. The fourth-order valence-corrected chi connectivity index (χ4v) is 6.67. The molecule has 0 aliphatic carbocycles. The number of rotatable bonds is 6. The van der Waals surface area contributed by atoms with Crippen molar-refractivity contribution < 1.29 is 0 Å². The van der Waals surface area contributed by atoms with E-state index in [2.05, 4.69) is 138 Å². The largest absolute Gasteiger partial charge is 0.232 e. The molecule has 7 aromatic carbocycles. The Morgan fingerprint density at radius 1 is 0.408 bits per heavy atom. The quantitative estimate of drug-likeness (QED) is 0.184. The summed E-state index contributed by atoms with van der Waals surface area (Å²) in [7, 11) is 0. The molecule has 0 atom stereocenters. The molecule has 0 saturated carbocycles. The van der Waals surface area contributed by atoms with Crippen LogP contribution in [0.25, 0.3) is 83.6 Å². The lowest BCUT2D eigenvalue weighted by Gasteiger charge is -2.13. The molecule has 2 heterocycles. The first-order valence-corrected chi connectivity index (χ1v) is 16.5. The number of benzene rings is 7. The average molecular weight is 627 g/mol. The highest BCUT2D eigenvalue weighted by Crippen LogP contribution is 2.42. The van der Waals surface area contributed by atoms with Crippen LogP contribution in [0.3, 0.4) is 0 Å². The van der Waals surface area contributed by atoms with Crippen molar-refractivity contribution in [2.45, 2.75) is 0 Å². The fraction of sp³-hybridized carbons (Fsp3) is 0. The maximum absolute atomic E-state index is 5.36. The highest BCUT2D eigenvalue weighted by molar-refractivity contribution is 6.17. The van der Waals surface area contributed by atoms with Crippen LogP contribution in [-0.2, 0) is 0 Å². The SMILES string of the molecule is c1ccc(-c2cc(-c3ccccc3)nc(-c3ccc4cc(-c5ccccc5)c5c(-c6ccccc6)nn(-c6ccccc6)c5c4c3)n2)cc1. The van der Waals surface area contributed by atoms with E-state index in [-0.39, 0.29) is 0 Å². The van der Waals surface area contributed by atoms with Crippen molar-refractivity contribution in [3.05, 3.63) is 182 Å². The number of hydrogen-bond acceptors (Lipinski definition) is 3. The van der Waals surface area contributed by atoms with E-state index in [1.165, 1.54) is 0 Å². The molecule has 0 unspecified atom stereocenters. The summed E-state index contributed by atoms with van der Waals surface area (Å²) in [6, 6.07) is 63.1. The molecule has 4 heteroatoms. The van der Waals surface area contributed by atoms with Gasteiger partial charge in [-0.25, -0.2) is 14.6 Å². The third kappa shape index (κ3) is 5.26. The Morgan fingerprint density at radius 3 is 1.49 bits per heavy atom. The van der Waals surface area contributed by atoms with E-state index in [1.807, 2.05) is 48.5 Å². The Balaban J connectivity index is 1.36. The topological polar surface area (TPSA) is 43.6 Å². The minimum atomic E-state index is 0.677. The van der Waals surface area contributed by atoms with Crippen molar-refractivity contribution >= 4 is 21.7 Å². The van der Waals surface area contributed by atoms with E-state index in [1.54, 1.807) is 0 Å². The van der Waals surface area contributed by atoms with Crippen molar-refractivity contribution in [3.8, 4) is 62.0 Å². The maximum Gasteiger partial charge on any atom is 0.160 e. The molecule has 0 amide bonds. The lowest BCUT2D eigenvalue weighted by atomic mass is 9.93. The van der Waals surface area contributed by atoms with E-state index in [0.717, 1.165) is 77.8 Å². The van der Waals surface area contributed by atoms with Crippen LogP contribution in [0.15, 0.2) is 182 Å². The third-order valence-corrected chi connectivity index (χ3v) is 9.02. The molecular weight excluding hydrogens is 597 g/mol. The lowest BCUT2D eigenvalue weighted by Crippen LogP contribution is -1.98. The monoisotopic (exact) mass is 626 g/mol. The highest BCUT2D eigenvalue weighted by Gasteiger charge is 2.22. The first-order chi connectivity index (χ1) is 24.3. The van der Waals surface area contributed by atoms with Crippen LogP contribution in [0.2, 0.25) is 0 Å². The summed E-state index contributed by atoms with van der Waals surface area (Å²) < 4.78 is 2.10. The van der Waals surface area contributed by atoms with Gasteiger partial charge in [-0.05, 0) is 46.8 Å². The van der Waals surface area contributed by atoms with E-state index >= 15 is 0 Å². The van der Waals surface area contributed by atoms with Crippen molar-refractivity contribution in [3.63, 3.8) is 0 Å². The summed E-state index contributed by atoms with van der Waals surface area (Å²) in [6.45, 7) is 0. The number of nitrogens with zero attached hydrogens (tertiary/aromatic N) is 4. The van der Waals surface area contributed by atoms with E-state index in [9.17, 15) is 0 Å². The maximum atomic E-state index is 5.36. The molecule has 0 saturated heterocycles. The first-order valence-electron chi connectivity index (χ1n) is 16.5. The molecule has 4 nitrogen and oxygen atoms in total. The summed E-state index contributed by atoms with van der Waals surface area (Å²) >= 11 is 0. The fourth-order valence-electron chi connectivity index (χ4n) is 6.67. The molecule has 0 bridgehead atoms. The number of para-hydroxylation sites is 1. The summed E-state index contributed by atoms with van der Waals surface area (Å²) in [5, 5.41) is 8.67. The van der Waals surface area contributed by atoms with E-state index in [0.29, 0.717) is 5.82 Å². The average Bonchev–Trinajstić information content (AvgIpc) is 3.60. The second kappa shape index (κ2) is 12.2. The van der Waals surface area contributed by atoms with Crippen molar-refractivity contribution in [1.29, 1.82) is 0 Å². The molecule has 0 spiro atoms. The van der Waals surface area contributed by atoms with Crippen molar-refractivity contribution in [2.75, 3.05) is 0 Å². The second-order valence-electron chi connectivity index (χ2n) is 12.1. The number of aromatic nitrogens is 4. The van der Waals surface area contributed by atoms with Crippen LogP contribution in [0, 0.1) is 0 Å². The van der Waals surface area contributed by atoms with Gasteiger partial charge in [0, 0.05) is 33.0 Å². The van der Waals surface area contributed by atoms with Crippen molar-refractivity contribution in [1.82, 2.24) is 19.7 Å². The molecule has 0 aliphatic heterocycles. The Morgan fingerprint density at radius 2 is 0.918 bits per heavy atom. The molecule has 2 aromatic heterocycles. The zero-order chi connectivity index (χ0) is 32.6. The predicted octanol–water partition coefficient (Wildman–Crippen LogP) is 11.3. The highest BCUT2D eigenvalue weighted by atomic mass is 15.3. The molecule has 49 heavy (non-hydrogen) atoms. The molecule has 9 aromatic rings. The third-order valence-electron chi connectivity index (χ3n) is 9.02. The van der Waals surface area contributed by atoms with Gasteiger partial charge in [0.2, 0.25) is 0 Å². The summed E-state index contributed by atoms with van der Waals surface area (Å²) in [4.78, 5) is 10.3. The Kier molecular flexibility index (Phi) is 7.10. The van der Waals surface area contributed by atoms with Gasteiger partial charge >= 0.3 is 0 Å². The number of hydrogen-bond donors (Lipinski definition) is 0. The smallest absolute Gasteiger partial charge is 0.160 e. The predicted molar refractivity (Wildman–Crippen MR) is 201 cm³/mol. The lowest BCUT2D eigenvalue weighted by molar-refractivity contribution is 0.918. The van der Waals surface area contributed by atoms with Gasteiger partial charge < -0.3 is 0 Å². The molecule has 9 rings (SSSR count). The normalized spacial score (nSPS) is 11.3. The van der Waals surface area contributed by atoms with Crippen LogP contribution in [-0.4, -0.2) is 19.7 Å². The number of fused-ring (bicyclic) bond motifs is 3. The Hall–Kier alpha value is -6.65. The van der Waals surface area contributed by atoms with Crippen LogP contribution in [0.1, 0.15) is 0 Å². The molecule has 0 fully saturated rings. The van der Waals surface area contributed by atoms with Crippen LogP contribution in [0.4, 0.5) is 0 Å².